The van der Waals surface area contributed by atoms with Crippen molar-refractivity contribution in [2.24, 2.45) is 0 Å². The van der Waals surface area contributed by atoms with E-state index in [4.69, 9.17) is 9.47 Å². The first-order valence-electron chi connectivity index (χ1n) is 9.24. The number of esters is 1. The van der Waals surface area contributed by atoms with Crippen LogP contribution >= 0.6 is 11.3 Å². The van der Waals surface area contributed by atoms with Gasteiger partial charge in [-0.2, -0.15) is 0 Å². The molecule has 7 heteroatoms. The summed E-state index contributed by atoms with van der Waals surface area (Å²) in [5.41, 5.74) is 3.87. The molecule has 28 heavy (non-hydrogen) atoms. The van der Waals surface area contributed by atoms with E-state index < -0.39 is 12.0 Å². The molecule has 3 rings (SSSR count). The fraction of sp³-hybridized carbons (Fsp3) is 0.381. The zero-order valence-corrected chi connectivity index (χ0v) is 17.3. The maximum Gasteiger partial charge on any atom is 0.329 e. The summed E-state index contributed by atoms with van der Waals surface area (Å²) in [5.74, 6) is -0.480. The van der Waals surface area contributed by atoms with Crippen molar-refractivity contribution in [3.05, 3.63) is 51.4 Å². The van der Waals surface area contributed by atoms with Gasteiger partial charge in [0, 0.05) is 17.6 Å². The fourth-order valence-corrected chi connectivity index (χ4v) is 4.01. The highest BCUT2D eigenvalue weighted by Gasteiger charge is 2.21. The third-order valence-electron chi connectivity index (χ3n) is 4.63. The average molecular weight is 401 g/mol. The van der Waals surface area contributed by atoms with E-state index in [1.807, 2.05) is 38.3 Å². The minimum atomic E-state index is -0.766. The number of ether oxygens (including phenoxy) is 2. The average Bonchev–Trinajstić information content (AvgIpc) is 3.09. The first-order valence-corrected chi connectivity index (χ1v) is 10.1. The lowest BCUT2D eigenvalue weighted by atomic mass is 9.99. The van der Waals surface area contributed by atoms with Crippen molar-refractivity contribution in [3.8, 4) is 11.1 Å². The topological polar surface area (TPSA) is 70.4 Å². The molecule has 0 amide bonds. The SMILES string of the molecule is CCOCCOC(=O)C(C)n1cnc2scc(-c3ccc(C)cc3C)c2c1=O. The Bertz CT molecular complexity index is 1050. The van der Waals surface area contributed by atoms with Crippen LogP contribution in [0.2, 0.25) is 0 Å². The molecule has 0 fully saturated rings. The van der Waals surface area contributed by atoms with Gasteiger partial charge in [0.25, 0.3) is 5.56 Å². The van der Waals surface area contributed by atoms with Crippen LogP contribution in [0.15, 0.2) is 34.7 Å². The maximum atomic E-state index is 13.2. The summed E-state index contributed by atoms with van der Waals surface area (Å²) in [6.45, 7) is 8.64. The van der Waals surface area contributed by atoms with Crippen LogP contribution in [0.5, 0.6) is 0 Å². The third kappa shape index (κ3) is 4.00. The second-order valence-corrected chi connectivity index (χ2v) is 7.50. The number of carbonyl (C=O) groups is 1. The Balaban J connectivity index is 1.97. The lowest BCUT2D eigenvalue weighted by Crippen LogP contribution is -2.30. The molecule has 0 saturated heterocycles. The number of aryl methyl sites for hydroxylation is 2. The van der Waals surface area contributed by atoms with Gasteiger partial charge in [-0.15, -0.1) is 11.3 Å². The summed E-state index contributed by atoms with van der Waals surface area (Å²) in [5, 5.41) is 2.49. The van der Waals surface area contributed by atoms with Crippen LogP contribution in [-0.2, 0) is 14.3 Å². The van der Waals surface area contributed by atoms with Gasteiger partial charge in [-0.1, -0.05) is 23.8 Å². The molecular formula is C21H24N2O4S. The molecule has 2 heterocycles. The number of fused-ring (bicyclic) bond motifs is 1. The Morgan fingerprint density at radius 2 is 2.04 bits per heavy atom. The molecular weight excluding hydrogens is 376 g/mol. The fourth-order valence-electron chi connectivity index (χ4n) is 3.12. The molecule has 0 radical (unpaired) electrons. The van der Waals surface area contributed by atoms with Gasteiger partial charge in [0.15, 0.2) is 0 Å². The number of rotatable bonds is 7. The van der Waals surface area contributed by atoms with Crippen LogP contribution in [-0.4, -0.2) is 35.3 Å². The predicted octanol–water partition coefficient (Wildman–Crippen LogP) is 3.88. The predicted molar refractivity (Wildman–Crippen MR) is 111 cm³/mol. The Labute approximate surface area is 167 Å². The summed E-state index contributed by atoms with van der Waals surface area (Å²) in [7, 11) is 0. The van der Waals surface area contributed by atoms with Crippen molar-refractivity contribution in [2.45, 2.75) is 33.7 Å². The first-order chi connectivity index (χ1) is 13.4. The number of carbonyl (C=O) groups excluding carboxylic acids is 1. The molecule has 0 aliphatic heterocycles. The summed E-state index contributed by atoms with van der Waals surface area (Å²) < 4.78 is 11.7. The summed E-state index contributed by atoms with van der Waals surface area (Å²) in [6.07, 6.45) is 1.42. The van der Waals surface area contributed by atoms with Gasteiger partial charge in [0.1, 0.15) is 17.5 Å². The Morgan fingerprint density at radius 3 is 2.75 bits per heavy atom. The van der Waals surface area contributed by atoms with Crippen molar-refractivity contribution in [2.75, 3.05) is 19.8 Å². The number of nitrogens with zero attached hydrogens (tertiary/aromatic N) is 2. The molecule has 1 unspecified atom stereocenters. The van der Waals surface area contributed by atoms with E-state index in [1.165, 1.54) is 27.8 Å². The van der Waals surface area contributed by atoms with E-state index in [0.717, 1.165) is 16.7 Å². The molecule has 0 bridgehead atoms. The zero-order valence-electron chi connectivity index (χ0n) is 16.5. The molecule has 0 saturated carbocycles. The van der Waals surface area contributed by atoms with Crippen LogP contribution in [0.1, 0.15) is 31.0 Å². The van der Waals surface area contributed by atoms with E-state index in [-0.39, 0.29) is 12.2 Å². The van der Waals surface area contributed by atoms with Gasteiger partial charge < -0.3 is 9.47 Å². The molecule has 6 nitrogen and oxygen atoms in total. The summed E-state index contributed by atoms with van der Waals surface area (Å²) >= 11 is 1.43. The molecule has 0 aliphatic carbocycles. The third-order valence-corrected chi connectivity index (χ3v) is 5.51. The highest BCUT2D eigenvalue weighted by Crippen LogP contribution is 2.33. The van der Waals surface area contributed by atoms with Crippen LogP contribution in [0.3, 0.4) is 0 Å². The first kappa shape index (κ1) is 20.2. The quantitative estimate of drug-likeness (QED) is 0.445. The molecule has 0 spiro atoms. The van der Waals surface area contributed by atoms with Gasteiger partial charge in [-0.05, 0) is 38.8 Å². The van der Waals surface area contributed by atoms with Crippen molar-refractivity contribution >= 4 is 27.5 Å². The van der Waals surface area contributed by atoms with Crippen molar-refractivity contribution < 1.29 is 14.3 Å². The van der Waals surface area contributed by atoms with Gasteiger partial charge in [0.2, 0.25) is 0 Å². The molecule has 3 aromatic rings. The molecule has 0 N–H and O–H groups in total. The van der Waals surface area contributed by atoms with E-state index >= 15 is 0 Å². The minimum Gasteiger partial charge on any atom is -0.462 e. The standard InChI is InChI=1S/C21H24N2O4S/c1-5-26-8-9-27-21(25)15(4)23-12-22-19-18(20(23)24)17(11-28-19)16-7-6-13(2)10-14(16)3/h6-7,10-12,15H,5,8-9H2,1-4H3. The largest absolute Gasteiger partial charge is 0.462 e. The summed E-state index contributed by atoms with van der Waals surface area (Å²) in [4.78, 5) is 30.6. The van der Waals surface area contributed by atoms with Gasteiger partial charge >= 0.3 is 5.97 Å². The van der Waals surface area contributed by atoms with Gasteiger partial charge in [-0.3, -0.25) is 9.36 Å². The molecule has 148 valence electrons. The van der Waals surface area contributed by atoms with Crippen LogP contribution < -0.4 is 5.56 Å². The molecule has 2 aromatic heterocycles. The summed E-state index contributed by atoms with van der Waals surface area (Å²) in [6, 6.07) is 5.37. The van der Waals surface area contributed by atoms with E-state index in [1.54, 1.807) is 6.92 Å². The van der Waals surface area contributed by atoms with Crippen LogP contribution in [0.4, 0.5) is 0 Å². The Morgan fingerprint density at radius 1 is 1.25 bits per heavy atom. The smallest absolute Gasteiger partial charge is 0.329 e. The Kier molecular flexibility index (Phi) is 6.26. The Hall–Kier alpha value is -2.51. The lowest BCUT2D eigenvalue weighted by molar-refractivity contribution is -0.148. The molecule has 1 aromatic carbocycles. The van der Waals surface area contributed by atoms with E-state index in [9.17, 15) is 9.59 Å². The van der Waals surface area contributed by atoms with Crippen molar-refractivity contribution in [3.63, 3.8) is 0 Å². The number of hydrogen-bond acceptors (Lipinski definition) is 6. The minimum absolute atomic E-state index is 0.160. The number of thiophene rings is 1. The van der Waals surface area contributed by atoms with Crippen LogP contribution in [0.25, 0.3) is 21.3 Å². The van der Waals surface area contributed by atoms with Gasteiger partial charge in [-0.25, -0.2) is 9.78 Å². The zero-order chi connectivity index (χ0) is 20.3. The highest BCUT2D eigenvalue weighted by molar-refractivity contribution is 7.17. The van der Waals surface area contributed by atoms with Crippen molar-refractivity contribution in [1.29, 1.82) is 0 Å². The van der Waals surface area contributed by atoms with E-state index in [2.05, 4.69) is 11.1 Å². The van der Waals surface area contributed by atoms with Gasteiger partial charge in [0.05, 0.1) is 18.3 Å². The lowest BCUT2D eigenvalue weighted by Gasteiger charge is -2.14. The highest BCUT2D eigenvalue weighted by atomic mass is 32.1. The van der Waals surface area contributed by atoms with Crippen molar-refractivity contribution in [1.82, 2.24) is 9.55 Å². The second kappa shape index (κ2) is 8.67. The van der Waals surface area contributed by atoms with Crippen LogP contribution in [0, 0.1) is 13.8 Å². The second-order valence-electron chi connectivity index (χ2n) is 6.65. The normalized spacial score (nSPS) is 12.3. The maximum absolute atomic E-state index is 13.2. The monoisotopic (exact) mass is 400 g/mol. The molecule has 1 atom stereocenters. The number of benzene rings is 1. The molecule has 0 aliphatic rings. The number of hydrogen-bond donors (Lipinski definition) is 0. The number of aromatic nitrogens is 2. The van der Waals surface area contributed by atoms with E-state index in [0.29, 0.717) is 23.4 Å².